The van der Waals surface area contributed by atoms with Crippen LogP contribution in [-0.4, -0.2) is 6.61 Å². The van der Waals surface area contributed by atoms with Gasteiger partial charge in [-0.25, -0.2) is 4.39 Å². The number of halogens is 2. The summed E-state index contributed by atoms with van der Waals surface area (Å²) >= 11 is 0. The smallest absolute Gasteiger partial charge is 0.200 e. The van der Waals surface area contributed by atoms with Crippen molar-refractivity contribution in [2.45, 2.75) is 33.1 Å². The molecule has 0 bridgehead atoms. The van der Waals surface area contributed by atoms with Gasteiger partial charge in [0.2, 0.25) is 5.82 Å². The van der Waals surface area contributed by atoms with Crippen LogP contribution >= 0.6 is 0 Å². The monoisotopic (exact) mass is 228 g/mol. The minimum absolute atomic E-state index is 0.00310. The van der Waals surface area contributed by atoms with Gasteiger partial charge in [-0.3, -0.25) is 0 Å². The van der Waals surface area contributed by atoms with Gasteiger partial charge in [-0.1, -0.05) is 32.8 Å². The topological polar surface area (TPSA) is 9.23 Å². The summed E-state index contributed by atoms with van der Waals surface area (Å²) < 4.78 is 31.3. The van der Waals surface area contributed by atoms with Crippen LogP contribution in [0.15, 0.2) is 18.2 Å². The molecule has 1 rings (SSSR count). The van der Waals surface area contributed by atoms with E-state index in [1.54, 1.807) is 0 Å². The third-order valence-electron chi connectivity index (χ3n) is 2.49. The summed E-state index contributed by atoms with van der Waals surface area (Å²) in [6, 6.07) is 3.98. The van der Waals surface area contributed by atoms with Gasteiger partial charge in [0.15, 0.2) is 11.6 Å². The molecule has 3 heteroatoms. The quantitative estimate of drug-likeness (QED) is 0.710. The summed E-state index contributed by atoms with van der Waals surface area (Å²) in [5.74, 6) is -1.39. The maximum atomic E-state index is 13.2. The molecular formula is C13H18F2O. The number of unbranched alkanes of at least 4 members (excludes halogenated alkanes) is 1. The van der Waals surface area contributed by atoms with Crippen molar-refractivity contribution in [3.63, 3.8) is 0 Å². The van der Waals surface area contributed by atoms with E-state index in [9.17, 15) is 8.78 Å². The molecule has 0 radical (unpaired) electrons. The Balaban J connectivity index is 2.45. The second kappa shape index (κ2) is 6.46. The zero-order valence-electron chi connectivity index (χ0n) is 9.80. The first-order valence-electron chi connectivity index (χ1n) is 5.72. The molecule has 16 heavy (non-hydrogen) atoms. The summed E-state index contributed by atoms with van der Waals surface area (Å²) in [6.45, 7) is 4.60. The van der Waals surface area contributed by atoms with E-state index in [2.05, 4.69) is 6.92 Å². The van der Waals surface area contributed by atoms with Crippen molar-refractivity contribution in [1.82, 2.24) is 0 Å². The molecule has 0 fully saturated rings. The number of rotatable bonds is 6. The molecule has 0 saturated carbocycles. The van der Waals surface area contributed by atoms with Crippen molar-refractivity contribution in [1.29, 1.82) is 0 Å². The first-order chi connectivity index (χ1) is 7.65. The minimum Gasteiger partial charge on any atom is -0.490 e. The third kappa shape index (κ3) is 3.80. The second-order valence-electron chi connectivity index (χ2n) is 4.11. The molecule has 1 atom stereocenters. The molecule has 0 amide bonds. The Labute approximate surface area is 95.4 Å². The van der Waals surface area contributed by atoms with E-state index < -0.39 is 11.6 Å². The van der Waals surface area contributed by atoms with Gasteiger partial charge < -0.3 is 4.74 Å². The van der Waals surface area contributed by atoms with Crippen LogP contribution in [0.1, 0.15) is 33.1 Å². The molecule has 1 aromatic carbocycles. The summed E-state index contributed by atoms with van der Waals surface area (Å²) in [4.78, 5) is 0. The van der Waals surface area contributed by atoms with Crippen molar-refractivity contribution < 1.29 is 13.5 Å². The number of ether oxygens (including phenoxy) is 1. The van der Waals surface area contributed by atoms with Crippen LogP contribution in [0.4, 0.5) is 8.78 Å². The van der Waals surface area contributed by atoms with E-state index in [1.807, 2.05) is 6.92 Å². The standard InChI is InChI=1S/C13H18F2O/c1-3-4-6-10(2)9-16-12-8-5-7-11(14)13(12)15/h5,7-8,10H,3-4,6,9H2,1-2H3. The first kappa shape index (κ1) is 12.9. The lowest BCUT2D eigenvalue weighted by Crippen LogP contribution is -2.09. The summed E-state index contributed by atoms with van der Waals surface area (Å²) in [7, 11) is 0. The Kier molecular flexibility index (Phi) is 5.23. The van der Waals surface area contributed by atoms with E-state index in [0.717, 1.165) is 25.3 Å². The third-order valence-corrected chi connectivity index (χ3v) is 2.49. The summed E-state index contributed by atoms with van der Waals surface area (Å²) in [5.41, 5.74) is 0. The zero-order chi connectivity index (χ0) is 12.0. The number of hydrogen-bond acceptors (Lipinski definition) is 1. The van der Waals surface area contributed by atoms with Gasteiger partial charge in [0.05, 0.1) is 6.61 Å². The average molecular weight is 228 g/mol. The maximum Gasteiger partial charge on any atom is 0.200 e. The van der Waals surface area contributed by atoms with Crippen LogP contribution in [0, 0.1) is 17.6 Å². The van der Waals surface area contributed by atoms with Gasteiger partial charge in [-0.15, -0.1) is 0 Å². The number of benzene rings is 1. The van der Waals surface area contributed by atoms with Gasteiger partial charge in [-0.05, 0) is 24.5 Å². The Hall–Kier alpha value is -1.12. The highest BCUT2D eigenvalue weighted by Crippen LogP contribution is 2.20. The highest BCUT2D eigenvalue weighted by atomic mass is 19.2. The molecule has 0 heterocycles. The van der Waals surface area contributed by atoms with Crippen LogP contribution in [0.25, 0.3) is 0 Å². The molecule has 1 nitrogen and oxygen atoms in total. The van der Waals surface area contributed by atoms with Crippen LogP contribution in [0.5, 0.6) is 5.75 Å². The maximum absolute atomic E-state index is 13.2. The van der Waals surface area contributed by atoms with Crippen LogP contribution in [0.2, 0.25) is 0 Å². The second-order valence-corrected chi connectivity index (χ2v) is 4.11. The van der Waals surface area contributed by atoms with Crippen molar-refractivity contribution >= 4 is 0 Å². The van der Waals surface area contributed by atoms with Crippen LogP contribution in [-0.2, 0) is 0 Å². The van der Waals surface area contributed by atoms with Crippen molar-refractivity contribution in [3.8, 4) is 5.75 Å². The van der Waals surface area contributed by atoms with Crippen LogP contribution < -0.4 is 4.74 Å². The number of hydrogen-bond donors (Lipinski definition) is 0. The molecule has 0 aromatic heterocycles. The fourth-order valence-electron chi connectivity index (χ4n) is 1.46. The molecule has 0 N–H and O–H groups in total. The van der Waals surface area contributed by atoms with Gasteiger partial charge in [0.1, 0.15) is 0 Å². The summed E-state index contributed by atoms with van der Waals surface area (Å²) in [5, 5.41) is 0. The summed E-state index contributed by atoms with van der Waals surface area (Å²) in [6.07, 6.45) is 3.32. The Morgan fingerprint density at radius 2 is 2.06 bits per heavy atom. The fraction of sp³-hybridized carbons (Fsp3) is 0.538. The van der Waals surface area contributed by atoms with Crippen molar-refractivity contribution in [2.75, 3.05) is 6.61 Å². The molecule has 1 aromatic rings. The average Bonchev–Trinajstić information content (AvgIpc) is 2.28. The fourth-order valence-corrected chi connectivity index (χ4v) is 1.46. The molecule has 0 aliphatic heterocycles. The van der Waals surface area contributed by atoms with Crippen LogP contribution in [0.3, 0.4) is 0 Å². The Morgan fingerprint density at radius 1 is 1.31 bits per heavy atom. The lowest BCUT2D eigenvalue weighted by Gasteiger charge is -2.13. The molecule has 0 spiro atoms. The predicted octanol–water partition coefficient (Wildman–Crippen LogP) is 4.17. The van der Waals surface area contributed by atoms with E-state index in [1.165, 1.54) is 12.1 Å². The highest BCUT2D eigenvalue weighted by Gasteiger charge is 2.10. The largest absolute Gasteiger partial charge is 0.490 e. The molecular weight excluding hydrogens is 210 g/mol. The lowest BCUT2D eigenvalue weighted by molar-refractivity contribution is 0.237. The van der Waals surface area contributed by atoms with E-state index in [4.69, 9.17) is 4.74 Å². The van der Waals surface area contributed by atoms with Gasteiger partial charge in [-0.2, -0.15) is 4.39 Å². The van der Waals surface area contributed by atoms with Gasteiger partial charge in [0.25, 0.3) is 0 Å². The van der Waals surface area contributed by atoms with Gasteiger partial charge >= 0.3 is 0 Å². The highest BCUT2D eigenvalue weighted by molar-refractivity contribution is 5.24. The predicted molar refractivity (Wildman–Crippen MR) is 60.5 cm³/mol. The molecule has 0 saturated heterocycles. The Morgan fingerprint density at radius 3 is 2.75 bits per heavy atom. The van der Waals surface area contributed by atoms with E-state index >= 15 is 0 Å². The minimum atomic E-state index is -0.898. The van der Waals surface area contributed by atoms with Crippen molar-refractivity contribution in [2.24, 2.45) is 5.92 Å². The SMILES string of the molecule is CCCCC(C)COc1cccc(F)c1F. The molecule has 90 valence electrons. The van der Waals surface area contributed by atoms with Gasteiger partial charge in [0, 0.05) is 0 Å². The van der Waals surface area contributed by atoms with Crippen molar-refractivity contribution in [3.05, 3.63) is 29.8 Å². The molecule has 1 unspecified atom stereocenters. The first-order valence-corrected chi connectivity index (χ1v) is 5.72. The Bertz CT molecular complexity index is 326. The van der Waals surface area contributed by atoms with E-state index in [0.29, 0.717) is 12.5 Å². The normalized spacial score (nSPS) is 12.5. The molecule has 0 aliphatic carbocycles. The zero-order valence-corrected chi connectivity index (χ0v) is 9.80. The molecule has 0 aliphatic rings. The lowest BCUT2D eigenvalue weighted by atomic mass is 10.1. The van der Waals surface area contributed by atoms with E-state index in [-0.39, 0.29) is 5.75 Å².